The normalized spacial score (nSPS) is 17.0. The van der Waals surface area contributed by atoms with Gasteiger partial charge in [-0.05, 0) is 11.5 Å². The second-order valence-corrected chi connectivity index (χ2v) is 7.21. The molecular formula is C14H22F6FeP-. The molecule has 22 heavy (non-hydrogen) atoms. The van der Waals surface area contributed by atoms with Crippen molar-refractivity contribution in [3.05, 3.63) is 35.9 Å². The van der Waals surface area contributed by atoms with Crippen LogP contribution in [0.1, 0.15) is 57.4 Å². The van der Waals surface area contributed by atoms with Crippen LogP contribution in [-0.4, -0.2) is 0 Å². The van der Waals surface area contributed by atoms with Crippen molar-refractivity contribution in [2.24, 2.45) is 0 Å². The van der Waals surface area contributed by atoms with Crippen LogP contribution in [0.4, 0.5) is 25.2 Å². The van der Waals surface area contributed by atoms with Gasteiger partial charge in [0.15, 0.2) is 0 Å². The molecule has 0 nitrogen and oxygen atoms in total. The van der Waals surface area contributed by atoms with Gasteiger partial charge in [-0.25, -0.2) is 0 Å². The summed E-state index contributed by atoms with van der Waals surface area (Å²) in [5, 5.41) is 0. The Morgan fingerprint density at radius 2 is 1.00 bits per heavy atom. The first kappa shape index (κ1) is 24.0. The molecule has 0 atom stereocenters. The van der Waals surface area contributed by atoms with E-state index in [-0.39, 0.29) is 17.1 Å². The van der Waals surface area contributed by atoms with Gasteiger partial charge in [-0.15, -0.1) is 0 Å². The van der Waals surface area contributed by atoms with E-state index in [2.05, 4.69) is 38.1 Å². The maximum Gasteiger partial charge on any atom is 0 e. The Kier molecular flexibility index (Phi) is 9.34. The van der Waals surface area contributed by atoms with Gasteiger partial charge in [0, 0.05) is 17.1 Å². The smallest absolute Gasteiger partial charge is 0 e. The van der Waals surface area contributed by atoms with Crippen molar-refractivity contribution in [3.8, 4) is 0 Å². The molecule has 1 aromatic rings. The van der Waals surface area contributed by atoms with E-state index in [9.17, 15) is 25.2 Å². The Bertz CT molecular complexity index is 378. The zero-order valence-electron chi connectivity index (χ0n) is 12.6. The van der Waals surface area contributed by atoms with E-state index in [1.165, 1.54) is 37.7 Å². The fourth-order valence-corrected chi connectivity index (χ4v) is 1.72. The van der Waals surface area contributed by atoms with Crippen LogP contribution >= 0.6 is 7.81 Å². The van der Waals surface area contributed by atoms with E-state index in [1.807, 2.05) is 6.07 Å². The van der Waals surface area contributed by atoms with Gasteiger partial charge in [0.2, 0.25) is 0 Å². The molecule has 0 heterocycles. The quantitative estimate of drug-likeness (QED) is 0.258. The van der Waals surface area contributed by atoms with Crippen LogP contribution in [0.5, 0.6) is 0 Å². The van der Waals surface area contributed by atoms with Crippen molar-refractivity contribution < 1.29 is 42.3 Å². The molecule has 1 aliphatic rings. The summed E-state index contributed by atoms with van der Waals surface area (Å²) in [6.07, 6.45) is 7.50. The summed E-state index contributed by atoms with van der Waals surface area (Å²) >= 11 is 0. The fourth-order valence-electron chi connectivity index (χ4n) is 1.72. The molecule has 0 N–H and O–H groups in total. The van der Waals surface area contributed by atoms with E-state index < -0.39 is 7.81 Å². The van der Waals surface area contributed by atoms with Crippen LogP contribution in [-0.2, 0) is 17.1 Å². The van der Waals surface area contributed by atoms with E-state index in [0.29, 0.717) is 5.92 Å². The van der Waals surface area contributed by atoms with Gasteiger partial charge in [-0.1, -0.05) is 76.3 Å². The van der Waals surface area contributed by atoms with E-state index >= 15 is 0 Å². The molecule has 1 aromatic carbocycles. The monoisotopic (exact) mass is 391 g/mol. The largest absolute Gasteiger partial charge is 0 e. The summed E-state index contributed by atoms with van der Waals surface area (Å²) < 4.78 is 59.2. The van der Waals surface area contributed by atoms with Crippen LogP contribution in [0.3, 0.4) is 0 Å². The molecule has 0 spiro atoms. The molecule has 8 heteroatoms. The van der Waals surface area contributed by atoms with Crippen LogP contribution in [0.15, 0.2) is 30.3 Å². The Morgan fingerprint density at radius 3 is 1.18 bits per heavy atom. The third-order valence-corrected chi connectivity index (χ3v) is 2.72. The van der Waals surface area contributed by atoms with Gasteiger partial charge in [0.05, 0.1) is 0 Å². The molecular weight excluding hydrogens is 369 g/mol. The van der Waals surface area contributed by atoms with Gasteiger partial charge >= 0.3 is 33.0 Å². The predicted molar refractivity (Wildman–Crippen MR) is 77.2 cm³/mol. The maximum atomic E-state index is 9.87. The molecule has 2 rings (SSSR count). The minimum atomic E-state index is -10.7. The third-order valence-electron chi connectivity index (χ3n) is 2.72. The van der Waals surface area contributed by atoms with Gasteiger partial charge in [0.25, 0.3) is 0 Å². The van der Waals surface area contributed by atoms with Crippen LogP contribution < -0.4 is 0 Å². The first-order valence-electron chi connectivity index (χ1n) is 6.87. The Hall–Kier alpha value is -0.251. The van der Waals surface area contributed by atoms with Gasteiger partial charge in [-0.2, -0.15) is 0 Å². The van der Waals surface area contributed by atoms with Crippen molar-refractivity contribution in [1.82, 2.24) is 0 Å². The molecule has 0 unspecified atom stereocenters. The van der Waals surface area contributed by atoms with Crippen molar-refractivity contribution in [1.29, 1.82) is 0 Å². The molecule has 0 aromatic heterocycles. The van der Waals surface area contributed by atoms with E-state index in [4.69, 9.17) is 0 Å². The van der Waals surface area contributed by atoms with Crippen molar-refractivity contribution in [3.63, 3.8) is 0 Å². The maximum absolute atomic E-state index is 10.7. The van der Waals surface area contributed by atoms with E-state index in [0.717, 1.165) is 0 Å². The Labute approximate surface area is 138 Å². The molecule has 0 aliphatic heterocycles. The third kappa shape index (κ3) is 24.7. The Morgan fingerprint density at radius 1 is 0.727 bits per heavy atom. The van der Waals surface area contributed by atoms with Crippen molar-refractivity contribution in [2.45, 2.75) is 51.9 Å². The Balaban J connectivity index is 0. The van der Waals surface area contributed by atoms with Crippen molar-refractivity contribution >= 4 is 7.81 Å². The first-order valence-corrected chi connectivity index (χ1v) is 8.90. The van der Waals surface area contributed by atoms with Crippen molar-refractivity contribution in [2.75, 3.05) is 0 Å². The summed E-state index contributed by atoms with van der Waals surface area (Å²) in [7, 11) is -10.7. The number of rotatable bonds is 1. The second kappa shape index (κ2) is 8.56. The summed E-state index contributed by atoms with van der Waals surface area (Å²) in [4.78, 5) is 0. The molecule has 1 saturated carbocycles. The first-order chi connectivity index (χ1) is 9.25. The second-order valence-electron chi connectivity index (χ2n) is 5.29. The van der Waals surface area contributed by atoms with Gasteiger partial charge in [-0.3, -0.25) is 0 Å². The summed E-state index contributed by atoms with van der Waals surface area (Å²) in [5.74, 6) is 0.659. The minimum Gasteiger partial charge on any atom is 0 e. The molecule has 0 radical (unpaired) electrons. The van der Waals surface area contributed by atoms with Crippen LogP contribution in [0, 0.1) is 0 Å². The molecule has 134 valence electrons. The number of hydrogen-bond acceptors (Lipinski definition) is 0. The van der Waals surface area contributed by atoms with E-state index in [1.54, 1.807) is 0 Å². The zero-order valence-corrected chi connectivity index (χ0v) is 14.6. The van der Waals surface area contributed by atoms with Crippen LogP contribution in [0.25, 0.3) is 0 Å². The molecule has 0 saturated heterocycles. The summed E-state index contributed by atoms with van der Waals surface area (Å²) in [5.41, 5.74) is 1.41. The number of halogens is 6. The minimum absolute atomic E-state index is 0. The van der Waals surface area contributed by atoms with Crippen LogP contribution in [0.2, 0.25) is 0 Å². The topological polar surface area (TPSA) is 0 Å². The SMILES string of the molecule is C1CCCC1.CC(C)c1ccccc1.F[P-](F)(F)(F)(F)F.[Fe]. The standard InChI is InChI=1S/C9H12.C5H10.F6P.Fe/c1-8(2)9-6-4-3-5-7-9;1-2-4-5-3-1;1-7(2,3,4,5)6;/h3-8H,1-2H3;1-5H2;;/q;;-1;. The zero-order chi connectivity index (χ0) is 16.6. The molecule has 0 amide bonds. The van der Waals surface area contributed by atoms with Gasteiger partial charge in [0.1, 0.15) is 0 Å². The summed E-state index contributed by atoms with van der Waals surface area (Å²) in [6.45, 7) is 4.41. The summed E-state index contributed by atoms with van der Waals surface area (Å²) in [6, 6.07) is 10.5. The average molecular weight is 391 g/mol. The average Bonchev–Trinajstić information content (AvgIpc) is 2.84. The molecule has 0 bridgehead atoms. The molecule has 1 aliphatic carbocycles. The van der Waals surface area contributed by atoms with Gasteiger partial charge < -0.3 is 0 Å². The number of benzene rings is 1. The fraction of sp³-hybridized carbons (Fsp3) is 0.571. The number of hydrogen-bond donors (Lipinski definition) is 0. The molecule has 1 fully saturated rings. The predicted octanol–water partition coefficient (Wildman–Crippen LogP) is 8.14.